The molecular formula is C21H21N5O11S2. The van der Waals surface area contributed by atoms with Crippen LogP contribution in [-0.4, -0.2) is 98.8 Å². The number of sulfonamides is 2. The first-order chi connectivity index (χ1) is 18.5. The van der Waals surface area contributed by atoms with Crippen molar-refractivity contribution in [3.8, 4) is 11.1 Å². The van der Waals surface area contributed by atoms with Crippen LogP contribution in [0.5, 0.6) is 0 Å². The Hall–Kier alpha value is -3.55. The fourth-order valence-corrected chi connectivity index (χ4v) is 7.72. The van der Waals surface area contributed by atoms with Crippen LogP contribution < -0.4 is 0 Å². The molecule has 0 atom stereocenters. The smallest absolute Gasteiger partial charge is 0.279 e. The molecule has 3 aliphatic rings. The number of benzene rings is 2. The monoisotopic (exact) mass is 583 g/mol. The highest BCUT2D eigenvalue weighted by atomic mass is 32.2. The van der Waals surface area contributed by atoms with Gasteiger partial charge in [0, 0.05) is 49.4 Å². The molecule has 2 saturated heterocycles. The molecule has 2 aliphatic heterocycles. The van der Waals surface area contributed by atoms with Crippen LogP contribution in [0.2, 0.25) is 0 Å². The molecule has 2 heterocycles. The van der Waals surface area contributed by atoms with E-state index >= 15 is 0 Å². The van der Waals surface area contributed by atoms with Gasteiger partial charge in [-0.3, -0.25) is 20.2 Å². The number of nitro benzene ring substituents is 2. The second kappa shape index (κ2) is 9.88. The van der Waals surface area contributed by atoms with E-state index in [0.29, 0.717) is 0 Å². The summed E-state index contributed by atoms with van der Waals surface area (Å²) in [5.74, 6) is 0. The van der Waals surface area contributed by atoms with Crippen molar-refractivity contribution in [3.05, 3.63) is 55.6 Å². The quantitative estimate of drug-likeness (QED) is 0.243. The molecule has 39 heavy (non-hydrogen) atoms. The molecule has 0 bridgehead atoms. The summed E-state index contributed by atoms with van der Waals surface area (Å²) in [6.45, 7) is 0.485. The van der Waals surface area contributed by atoms with Gasteiger partial charge in [0.1, 0.15) is 5.71 Å². The maximum atomic E-state index is 13.3. The van der Waals surface area contributed by atoms with Gasteiger partial charge in [0.05, 0.1) is 57.2 Å². The molecule has 1 N–H and O–H groups in total. The topological polar surface area (TPSA) is 212 Å². The SMILES string of the molecule is O=[N+]([O-])c1cc(S(=O)(=O)N2CCOCC2)cc2c1-c1c(cc(S(=O)(=O)N3CCOCC3)cc1[N+](=O)[O-])C2=NO. The van der Waals surface area contributed by atoms with Crippen molar-refractivity contribution in [1.82, 2.24) is 8.61 Å². The Labute approximate surface area is 221 Å². The molecule has 1 aliphatic carbocycles. The molecule has 16 nitrogen and oxygen atoms in total. The lowest BCUT2D eigenvalue weighted by Crippen LogP contribution is -2.40. The van der Waals surface area contributed by atoms with E-state index in [9.17, 15) is 42.3 Å². The number of ether oxygens (including phenoxy) is 2. The van der Waals surface area contributed by atoms with Gasteiger partial charge < -0.3 is 14.7 Å². The number of morpholine rings is 2. The molecule has 0 unspecified atom stereocenters. The van der Waals surface area contributed by atoms with Gasteiger partial charge in [0.25, 0.3) is 11.4 Å². The van der Waals surface area contributed by atoms with Crippen molar-refractivity contribution in [1.29, 1.82) is 0 Å². The summed E-state index contributed by atoms with van der Waals surface area (Å²) in [6.07, 6.45) is 0. The van der Waals surface area contributed by atoms with Crippen LogP contribution in [0.1, 0.15) is 11.1 Å². The van der Waals surface area contributed by atoms with Gasteiger partial charge in [-0.2, -0.15) is 8.61 Å². The summed E-state index contributed by atoms with van der Waals surface area (Å²) >= 11 is 0. The van der Waals surface area contributed by atoms with Gasteiger partial charge in [-0.25, -0.2) is 16.8 Å². The molecule has 0 radical (unpaired) electrons. The maximum Gasteiger partial charge on any atom is 0.279 e. The van der Waals surface area contributed by atoms with Gasteiger partial charge in [0.15, 0.2) is 0 Å². The molecule has 5 rings (SSSR count). The fraction of sp³-hybridized carbons (Fsp3) is 0.381. The van der Waals surface area contributed by atoms with E-state index in [-0.39, 0.29) is 74.9 Å². The van der Waals surface area contributed by atoms with E-state index in [1.165, 1.54) is 0 Å². The predicted molar refractivity (Wildman–Crippen MR) is 132 cm³/mol. The van der Waals surface area contributed by atoms with Crippen LogP contribution in [-0.2, 0) is 29.5 Å². The molecule has 0 aromatic heterocycles. The minimum atomic E-state index is -4.27. The molecule has 2 fully saturated rings. The Morgan fingerprint density at radius 3 is 1.38 bits per heavy atom. The third-order valence-corrected chi connectivity index (χ3v) is 10.4. The third kappa shape index (κ3) is 4.43. The summed E-state index contributed by atoms with van der Waals surface area (Å²) in [5.41, 5.74) is -3.26. The van der Waals surface area contributed by atoms with Crippen molar-refractivity contribution in [2.75, 3.05) is 52.6 Å². The number of fused-ring (bicyclic) bond motifs is 3. The fourth-order valence-electron chi connectivity index (χ4n) is 4.81. The zero-order valence-corrected chi connectivity index (χ0v) is 21.7. The van der Waals surface area contributed by atoms with Crippen molar-refractivity contribution in [2.45, 2.75) is 9.79 Å². The van der Waals surface area contributed by atoms with Gasteiger partial charge in [-0.05, 0) is 12.1 Å². The zero-order valence-electron chi connectivity index (χ0n) is 20.0. The average molecular weight is 584 g/mol. The molecular weight excluding hydrogens is 562 g/mol. The second-order valence-corrected chi connectivity index (χ2v) is 12.6. The van der Waals surface area contributed by atoms with Gasteiger partial charge in [-0.1, -0.05) is 5.16 Å². The highest BCUT2D eigenvalue weighted by molar-refractivity contribution is 7.89. The first kappa shape index (κ1) is 27.0. The highest BCUT2D eigenvalue weighted by Crippen LogP contribution is 2.49. The van der Waals surface area contributed by atoms with Gasteiger partial charge >= 0.3 is 0 Å². The Balaban J connectivity index is 1.75. The lowest BCUT2D eigenvalue weighted by Gasteiger charge is -2.26. The van der Waals surface area contributed by atoms with Crippen LogP contribution in [0.15, 0.2) is 39.2 Å². The van der Waals surface area contributed by atoms with Crippen LogP contribution in [0.4, 0.5) is 11.4 Å². The van der Waals surface area contributed by atoms with Crippen molar-refractivity contribution in [3.63, 3.8) is 0 Å². The third-order valence-electron chi connectivity index (χ3n) is 6.65. The molecule has 0 saturated carbocycles. The molecule has 208 valence electrons. The van der Waals surface area contributed by atoms with E-state index in [2.05, 4.69) is 5.16 Å². The lowest BCUT2D eigenvalue weighted by molar-refractivity contribution is -0.386. The molecule has 18 heteroatoms. The first-order valence-corrected chi connectivity index (χ1v) is 14.4. The number of rotatable bonds is 6. The highest BCUT2D eigenvalue weighted by Gasteiger charge is 2.42. The second-order valence-electron chi connectivity index (χ2n) is 8.73. The normalized spacial score (nSPS) is 18.4. The number of nitro groups is 2. The first-order valence-electron chi connectivity index (χ1n) is 11.5. The standard InChI is InChI=1S/C21H21N5O11S2/c27-22-21-15-9-13(38(32,33)23-1-5-36-6-2-23)11-17(25(28)29)19(15)20-16(21)10-14(12-18(20)26(30)31)39(34,35)24-3-7-37-8-4-24/h9-12,27H,1-8H2. The van der Waals surface area contributed by atoms with Crippen LogP contribution in [0, 0.1) is 20.2 Å². The Bertz CT molecular complexity index is 1510. The lowest BCUT2D eigenvalue weighted by atomic mass is 10.0. The summed E-state index contributed by atoms with van der Waals surface area (Å²) in [4.78, 5) is 21.5. The minimum absolute atomic E-state index is 0.00260. The number of hydrogen-bond donors (Lipinski definition) is 1. The summed E-state index contributed by atoms with van der Waals surface area (Å²) in [5, 5.41) is 37.3. The zero-order chi connectivity index (χ0) is 28.1. The van der Waals surface area contributed by atoms with E-state index < -0.39 is 56.8 Å². The Morgan fingerprint density at radius 1 is 0.718 bits per heavy atom. The predicted octanol–water partition coefficient (Wildman–Crippen LogP) is 0.752. The van der Waals surface area contributed by atoms with E-state index in [1.807, 2.05) is 0 Å². The van der Waals surface area contributed by atoms with Crippen LogP contribution in [0.25, 0.3) is 11.1 Å². The van der Waals surface area contributed by atoms with Crippen LogP contribution >= 0.6 is 0 Å². The molecule has 0 spiro atoms. The molecule has 0 amide bonds. The molecule has 2 aromatic rings. The van der Waals surface area contributed by atoms with Crippen LogP contribution in [0.3, 0.4) is 0 Å². The summed E-state index contributed by atoms with van der Waals surface area (Å²) in [7, 11) is -8.53. The van der Waals surface area contributed by atoms with E-state index in [1.54, 1.807) is 0 Å². The number of hydrogen-bond acceptors (Lipinski definition) is 12. The number of oxime groups is 1. The average Bonchev–Trinajstić information content (AvgIpc) is 3.26. The summed E-state index contributed by atoms with van der Waals surface area (Å²) < 4.78 is 65.7. The largest absolute Gasteiger partial charge is 0.410 e. The maximum absolute atomic E-state index is 13.3. The molecule has 2 aromatic carbocycles. The minimum Gasteiger partial charge on any atom is -0.410 e. The number of nitrogens with zero attached hydrogens (tertiary/aromatic N) is 5. The summed E-state index contributed by atoms with van der Waals surface area (Å²) in [6, 6.07) is 3.63. The van der Waals surface area contributed by atoms with Crippen molar-refractivity contribution in [2.24, 2.45) is 5.16 Å². The van der Waals surface area contributed by atoms with E-state index in [4.69, 9.17) is 9.47 Å². The van der Waals surface area contributed by atoms with Crippen molar-refractivity contribution >= 4 is 37.1 Å². The van der Waals surface area contributed by atoms with Gasteiger partial charge in [0.2, 0.25) is 20.0 Å². The van der Waals surface area contributed by atoms with Crippen molar-refractivity contribution < 1.29 is 41.4 Å². The van der Waals surface area contributed by atoms with E-state index in [0.717, 1.165) is 32.9 Å². The Kier molecular flexibility index (Phi) is 6.85. The van der Waals surface area contributed by atoms with Gasteiger partial charge in [-0.15, -0.1) is 0 Å². The Morgan fingerprint density at radius 2 is 1.08 bits per heavy atom.